The third-order valence-corrected chi connectivity index (χ3v) is 3.32. The largest absolute Gasteiger partial charge is 0.488 e. The Morgan fingerprint density at radius 3 is 2.63 bits per heavy atom. The van der Waals surface area contributed by atoms with Crippen molar-refractivity contribution in [2.75, 3.05) is 5.73 Å². The number of halogens is 2. The third-order valence-electron chi connectivity index (χ3n) is 3.01. The summed E-state index contributed by atoms with van der Waals surface area (Å²) in [6, 6.07) is 8.38. The van der Waals surface area contributed by atoms with Crippen molar-refractivity contribution in [1.29, 1.82) is 0 Å². The standard InChI is InChI=1S/C15H15ClFNO/c1-9-3-6-14(18)10(2)15(9)19-8-11-4-5-12(16)13(17)7-11/h3-7H,8,18H2,1-2H3. The van der Waals surface area contributed by atoms with Gasteiger partial charge in [0.1, 0.15) is 18.2 Å². The van der Waals surface area contributed by atoms with E-state index in [4.69, 9.17) is 22.1 Å². The molecule has 0 aliphatic rings. The summed E-state index contributed by atoms with van der Waals surface area (Å²) in [6.07, 6.45) is 0. The van der Waals surface area contributed by atoms with Crippen molar-refractivity contribution in [3.8, 4) is 5.75 Å². The summed E-state index contributed by atoms with van der Waals surface area (Å²) in [7, 11) is 0. The summed E-state index contributed by atoms with van der Waals surface area (Å²) in [5.74, 6) is 0.305. The summed E-state index contributed by atoms with van der Waals surface area (Å²) >= 11 is 5.64. The molecule has 2 N–H and O–H groups in total. The number of aryl methyl sites for hydroxylation is 1. The number of hydrogen-bond donors (Lipinski definition) is 1. The summed E-state index contributed by atoms with van der Waals surface area (Å²) in [5.41, 5.74) is 9.15. The lowest BCUT2D eigenvalue weighted by Crippen LogP contribution is -2.01. The van der Waals surface area contributed by atoms with Gasteiger partial charge < -0.3 is 10.5 Å². The maximum atomic E-state index is 13.3. The van der Waals surface area contributed by atoms with Crippen LogP contribution in [0.15, 0.2) is 30.3 Å². The van der Waals surface area contributed by atoms with Gasteiger partial charge in [0.25, 0.3) is 0 Å². The van der Waals surface area contributed by atoms with Crippen LogP contribution >= 0.6 is 11.6 Å². The van der Waals surface area contributed by atoms with E-state index in [1.807, 2.05) is 26.0 Å². The average Bonchev–Trinajstić information content (AvgIpc) is 2.38. The summed E-state index contributed by atoms with van der Waals surface area (Å²) in [6.45, 7) is 4.13. The Morgan fingerprint density at radius 2 is 1.95 bits per heavy atom. The zero-order valence-corrected chi connectivity index (χ0v) is 11.6. The Morgan fingerprint density at radius 1 is 1.21 bits per heavy atom. The zero-order valence-electron chi connectivity index (χ0n) is 10.8. The molecule has 4 heteroatoms. The maximum absolute atomic E-state index is 13.3. The van der Waals surface area contributed by atoms with E-state index in [0.717, 1.165) is 22.4 Å². The topological polar surface area (TPSA) is 35.2 Å². The number of ether oxygens (including phenoxy) is 1. The first-order chi connectivity index (χ1) is 8.99. The van der Waals surface area contributed by atoms with E-state index in [-0.39, 0.29) is 11.6 Å². The molecule has 0 bridgehead atoms. The molecular weight excluding hydrogens is 265 g/mol. The molecule has 2 rings (SSSR count). The minimum atomic E-state index is -0.441. The number of nitrogen functional groups attached to an aromatic ring is 1. The summed E-state index contributed by atoms with van der Waals surface area (Å²) in [5, 5.41) is 0.111. The fourth-order valence-corrected chi connectivity index (χ4v) is 1.97. The number of rotatable bonds is 3. The third kappa shape index (κ3) is 2.99. The zero-order chi connectivity index (χ0) is 14.0. The van der Waals surface area contributed by atoms with Crippen LogP contribution in [0.25, 0.3) is 0 Å². The van der Waals surface area contributed by atoms with Gasteiger partial charge in [-0.1, -0.05) is 23.7 Å². The highest BCUT2D eigenvalue weighted by Crippen LogP contribution is 2.28. The molecule has 0 unspecified atom stereocenters. The van der Waals surface area contributed by atoms with Gasteiger partial charge in [-0.05, 0) is 43.2 Å². The van der Waals surface area contributed by atoms with E-state index in [0.29, 0.717) is 5.69 Å². The van der Waals surface area contributed by atoms with E-state index < -0.39 is 5.82 Å². The number of anilines is 1. The highest BCUT2D eigenvalue weighted by molar-refractivity contribution is 6.30. The molecule has 0 fully saturated rings. The molecule has 0 aliphatic heterocycles. The molecule has 0 saturated heterocycles. The Balaban J connectivity index is 2.19. The fraction of sp³-hybridized carbons (Fsp3) is 0.200. The molecule has 0 radical (unpaired) electrons. The lowest BCUT2D eigenvalue weighted by atomic mass is 10.1. The second-order valence-corrected chi connectivity index (χ2v) is 4.87. The van der Waals surface area contributed by atoms with E-state index in [1.54, 1.807) is 6.07 Å². The Kier molecular flexibility index (Phi) is 3.96. The van der Waals surface area contributed by atoms with Gasteiger partial charge in [0, 0.05) is 11.3 Å². The Labute approximate surface area is 117 Å². The van der Waals surface area contributed by atoms with Crippen molar-refractivity contribution in [1.82, 2.24) is 0 Å². The van der Waals surface area contributed by atoms with Gasteiger partial charge in [-0.3, -0.25) is 0 Å². The minimum absolute atomic E-state index is 0.111. The van der Waals surface area contributed by atoms with Crippen LogP contribution in [0.2, 0.25) is 5.02 Å². The predicted molar refractivity (Wildman–Crippen MR) is 76.1 cm³/mol. The van der Waals surface area contributed by atoms with Gasteiger partial charge in [0.05, 0.1) is 5.02 Å². The number of hydrogen-bond acceptors (Lipinski definition) is 2. The second-order valence-electron chi connectivity index (χ2n) is 4.46. The molecule has 2 aromatic rings. The predicted octanol–water partition coefficient (Wildman–Crippen LogP) is 4.26. The number of nitrogens with two attached hydrogens (primary N) is 1. The van der Waals surface area contributed by atoms with Crippen LogP contribution < -0.4 is 10.5 Å². The Hall–Kier alpha value is -1.74. The molecule has 0 aromatic heterocycles. The van der Waals surface area contributed by atoms with Crippen molar-refractivity contribution < 1.29 is 9.13 Å². The summed E-state index contributed by atoms with van der Waals surface area (Å²) < 4.78 is 19.1. The molecule has 0 heterocycles. The summed E-state index contributed by atoms with van der Waals surface area (Å²) in [4.78, 5) is 0. The number of benzene rings is 2. The van der Waals surface area contributed by atoms with Crippen molar-refractivity contribution in [3.05, 3.63) is 57.9 Å². The van der Waals surface area contributed by atoms with Crippen LogP contribution in [0, 0.1) is 19.7 Å². The van der Waals surface area contributed by atoms with Crippen molar-refractivity contribution in [2.45, 2.75) is 20.5 Å². The quantitative estimate of drug-likeness (QED) is 0.852. The van der Waals surface area contributed by atoms with Crippen LogP contribution in [0.4, 0.5) is 10.1 Å². The normalized spacial score (nSPS) is 10.5. The van der Waals surface area contributed by atoms with Crippen LogP contribution in [0.3, 0.4) is 0 Å². The molecule has 100 valence electrons. The van der Waals surface area contributed by atoms with E-state index >= 15 is 0 Å². The fourth-order valence-electron chi connectivity index (χ4n) is 1.85. The average molecular weight is 280 g/mol. The van der Waals surface area contributed by atoms with Crippen molar-refractivity contribution in [2.24, 2.45) is 0 Å². The maximum Gasteiger partial charge on any atom is 0.142 e. The molecule has 0 aliphatic carbocycles. The molecule has 0 saturated carbocycles. The van der Waals surface area contributed by atoms with Crippen LogP contribution in [0.5, 0.6) is 5.75 Å². The van der Waals surface area contributed by atoms with Crippen LogP contribution in [0.1, 0.15) is 16.7 Å². The SMILES string of the molecule is Cc1ccc(N)c(C)c1OCc1ccc(Cl)c(F)c1. The van der Waals surface area contributed by atoms with Gasteiger partial charge in [-0.2, -0.15) is 0 Å². The smallest absolute Gasteiger partial charge is 0.142 e. The molecule has 2 aromatic carbocycles. The molecule has 2 nitrogen and oxygen atoms in total. The van der Waals surface area contributed by atoms with Crippen molar-refractivity contribution >= 4 is 17.3 Å². The van der Waals surface area contributed by atoms with E-state index in [9.17, 15) is 4.39 Å². The van der Waals surface area contributed by atoms with Gasteiger partial charge >= 0.3 is 0 Å². The highest BCUT2D eigenvalue weighted by Gasteiger charge is 2.08. The first-order valence-electron chi connectivity index (χ1n) is 5.91. The molecule has 0 atom stereocenters. The highest BCUT2D eigenvalue weighted by atomic mass is 35.5. The van der Waals surface area contributed by atoms with E-state index in [1.165, 1.54) is 12.1 Å². The second kappa shape index (κ2) is 5.49. The molecular formula is C15H15ClFNO. The Bertz CT molecular complexity index is 613. The van der Waals surface area contributed by atoms with Gasteiger partial charge in [-0.25, -0.2) is 4.39 Å². The monoisotopic (exact) mass is 279 g/mol. The lowest BCUT2D eigenvalue weighted by molar-refractivity contribution is 0.301. The molecule has 19 heavy (non-hydrogen) atoms. The minimum Gasteiger partial charge on any atom is -0.488 e. The van der Waals surface area contributed by atoms with Crippen LogP contribution in [-0.4, -0.2) is 0 Å². The molecule has 0 amide bonds. The van der Waals surface area contributed by atoms with Gasteiger partial charge in [-0.15, -0.1) is 0 Å². The first-order valence-corrected chi connectivity index (χ1v) is 6.29. The van der Waals surface area contributed by atoms with Crippen molar-refractivity contribution in [3.63, 3.8) is 0 Å². The van der Waals surface area contributed by atoms with Gasteiger partial charge in [0.15, 0.2) is 0 Å². The van der Waals surface area contributed by atoms with Crippen LogP contribution in [-0.2, 0) is 6.61 Å². The lowest BCUT2D eigenvalue weighted by Gasteiger charge is -2.14. The molecule has 0 spiro atoms. The van der Waals surface area contributed by atoms with Gasteiger partial charge in [0.2, 0.25) is 0 Å². The van der Waals surface area contributed by atoms with E-state index in [2.05, 4.69) is 0 Å². The first kappa shape index (κ1) is 13.7.